The summed E-state index contributed by atoms with van der Waals surface area (Å²) in [7, 11) is 1.61. The standard InChI is InChI=1S/C7H9BrN2O/c1-9-7(11)10-5-3-2-4-6(10)8/h2-6H,1H3,(H,9,11)/t6-/m0/s1. The van der Waals surface area contributed by atoms with Gasteiger partial charge in [0, 0.05) is 13.2 Å². The molecule has 0 saturated carbocycles. The molecule has 0 aromatic heterocycles. The number of halogens is 1. The molecule has 60 valence electrons. The second-order valence-electron chi connectivity index (χ2n) is 2.06. The largest absolute Gasteiger partial charge is 0.341 e. The minimum absolute atomic E-state index is 0.0348. The third kappa shape index (κ3) is 1.83. The van der Waals surface area contributed by atoms with E-state index in [1.165, 1.54) is 0 Å². The number of hydrogen-bond acceptors (Lipinski definition) is 1. The van der Waals surface area contributed by atoms with Crippen LogP contribution in [0.25, 0.3) is 0 Å². The second-order valence-corrected chi connectivity index (χ2v) is 3.00. The van der Waals surface area contributed by atoms with E-state index in [0.717, 1.165) is 0 Å². The highest BCUT2D eigenvalue weighted by atomic mass is 79.9. The topological polar surface area (TPSA) is 32.3 Å². The van der Waals surface area contributed by atoms with E-state index < -0.39 is 0 Å². The average molecular weight is 217 g/mol. The lowest BCUT2D eigenvalue weighted by atomic mass is 10.4. The molecule has 11 heavy (non-hydrogen) atoms. The van der Waals surface area contributed by atoms with Gasteiger partial charge in [-0.1, -0.05) is 28.1 Å². The molecular formula is C7H9BrN2O. The molecule has 1 heterocycles. The highest BCUT2D eigenvalue weighted by Gasteiger charge is 2.16. The van der Waals surface area contributed by atoms with Gasteiger partial charge >= 0.3 is 6.03 Å². The number of carbonyl (C=O) groups is 1. The van der Waals surface area contributed by atoms with Gasteiger partial charge in [0.25, 0.3) is 0 Å². The maximum Gasteiger partial charge on any atom is 0.322 e. The maximum absolute atomic E-state index is 11.1. The molecule has 2 amide bonds. The number of alkyl halides is 1. The molecule has 0 aromatic carbocycles. The Kier molecular flexibility index (Phi) is 2.70. The Morgan fingerprint density at radius 2 is 2.36 bits per heavy atom. The fraction of sp³-hybridized carbons (Fsp3) is 0.286. The second kappa shape index (κ2) is 3.57. The third-order valence-corrected chi connectivity index (χ3v) is 2.09. The van der Waals surface area contributed by atoms with Crippen LogP contribution in [-0.4, -0.2) is 22.9 Å². The lowest BCUT2D eigenvalue weighted by molar-refractivity contribution is 0.218. The van der Waals surface area contributed by atoms with Crippen molar-refractivity contribution in [2.24, 2.45) is 0 Å². The normalized spacial score (nSPS) is 22.0. The van der Waals surface area contributed by atoms with Crippen LogP contribution >= 0.6 is 15.9 Å². The van der Waals surface area contributed by atoms with E-state index in [1.54, 1.807) is 18.1 Å². The van der Waals surface area contributed by atoms with Crippen LogP contribution in [0.3, 0.4) is 0 Å². The van der Waals surface area contributed by atoms with E-state index in [1.807, 2.05) is 18.2 Å². The summed E-state index contributed by atoms with van der Waals surface area (Å²) in [4.78, 5) is 12.6. The molecule has 0 spiro atoms. The van der Waals surface area contributed by atoms with Crippen molar-refractivity contribution in [1.82, 2.24) is 10.2 Å². The van der Waals surface area contributed by atoms with Crippen molar-refractivity contribution in [1.29, 1.82) is 0 Å². The zero-order valence-electron chi connectivity index (χ0n) is 6.12. The van der Waals surface area contributed by atoms with Crippen LogP contribution in [0.1, 0.15) is 0 Å². The number of nitrogens with zero attached hydrogens (tertiary/aromatic N) is 1. The van der Waals surface area contributed by atoms with Gasteiger partial charge in [-0.15, -0.1) is 0 Å². The van der Waals surface area contributed by atoms with E-state index in [9.17, 15) is 4.79 Å². The molecule has 0 unspecified atom stereocenters. The van der Waals surface area contributed by atoms with Gasteiger partial charge in [-0.05, 0) is 6.08 Å². The predicted molar refractivity (Wildman–Crippen MR) is 47.3 cm³/mol. The minimum Gasteiger partial charge on any atom is -0.341 e. The lowest BCUT2D eigenvalue weighted by Crippen LogP contribution is -2.38. The SMILES string of the molecule is CNC(=O)N1C=CC=C[C@H]1Br. The van der Waals surface area contributed by atoms with E-state index in [0.29, 0.717) is 0 Å². The van der Waals surface area contributed by atoms with Crippen LogP contribution in [0, 0.1) is 0 Å². The first kappa shape index (κ1) is 8.33. The first-order chi connectivity index (χ1) is 5.25. The quantitative estimate of drug-likeness (QED) is 0.483. The van der Waals surface area contributed by atoms with Crippen LogP contribution in [0.4, 0.5) is 4.79 Å². The third-order valence-electron chi connectivity index (χ3n) is 1.34. The van der Waals surface area contributed by atoms with Crippen LogP contribution < -0.4 is 5.32 Å². The van der Waals surface area contributed by atoms with Crippen molar-refractivity contribution in [2.45, 2.75) is 4.95 Å². The molecule has 0 aromatic rings. The van der Waals surface area contributed by atoms with Crippen molar-refractivity contribution in [2.75, 3.05) is 7.05 Å². The summed E-state index contributed by atoms with van der Waals surface area (Å²) in [6, 6.07) is -0.118. The van der Waals surface area contributed by atoms with Gasteiger partial charge in [0.1, 0.15) is 4.95 Å². The fourth-order valence-electron chi connectivity index (χ4n) is 0.782. The lowest BCUT2D eigenvalue weighted by Gasteiger charge is -2.23. The molecule has 0 radical (unpaired) electrons. The van der Waals surface area contributed by atoms with Gasteiger partial charge in [0.05, 0.1) is 0 Å². The summed E-state index contributed by atoms with van der Waals surface area (Å²) < 4.78 is 0. The monoisotopic (exact) mass is 216 g/mol. The van der Waals surface area contributed by atoms with Gasteiger partial charge in [0.15, 0.2) is 0 Å². The summed E-state index contributed by atoms with van der Waals surface area (Å²) in [5.74, 6) is 0. The van der Waals surface area contributed by atoms with Gasteiger partial charge in [-0.25, -0.2) is 4.79 Å². The summed E-state index contributed by atoms with van der Waals surface area (Å²) in [5.41, 5.74) is 0. The molecule has 1 N–H and O–H groups in total. The summed E-state index contributed by atoms with van der Waals surface area (Å²) in [5, 5.41) is 2.54. The molecule has 1 atom stereocenters. The Hall–Kier alpha value is -0.770. The van der Waals surface area contributed by atoms with Crippen molar-refractivity contribution in [3.8, 4) is 0 Å². The summed E-state index contributed by atoms with van der Waals surface area (Å²) in [6.07, 6.45) is 7.30. The number of carbonyl (C=O) groups excluding carboxylic acids is 1. The Morgan fingerprint density at radius 3 is 2.91 bits per heavy atom. The van der Waals surface area contributed by atoms with Gasteiger partial charge in [-0.3, -0.25) is 4.90 Å². The van der Waals surface area contributed by atoms with Gasteiger partial charge < -0.3 is 5.32 Å². The number of hydrogen-bond donors (Lipinski definition) is 1. The van der Waals surface area contributed by atoms with E-state index in [4.69, 9.17) is 0 Å². The summed E-state index contributed by atoms with van der Waals surface area (Å²) >= 11 is 3.32. The number of allylic oxidation sites excluding steroid dienone is 2. The Labute approximate surface area is 73.9 Å². The highest BCUT2D eigenvalue weighted by molar-refractivity contribution is 9.09. The molecule has 0 bridgehead atoms. The van der Waals surface area contributed by atoms with E-state index >= 15 is 0 Å². The van der Waals surface area contributed by atoms with E-state index in [2.05, 4.69) is 21.2 Å². The Morgan fingerprint density at radius 1 is 1.64 bits per heavy atom. The number of urea groups is 1. The number of amides is 2. The molecular weight excluding hydrogens is 208 g/mol. The van der Waals surface area contributed by atoms with Crippen molar-refractivity contribution in [3.63, 3.8) is 0 Å². The molecule has 0 saturated heterocycles. The first-order valence-corrected chi connectivity index (χ1v) is 4.16. The number of nitrogens with one attached hydrogen (secondary N) is 1. The molecule has 1 aliphatic rings. The maximum atomic E-state index is 11.1. The van der Waals surface area contributed by atoms with Gasteiger partial charge in [-0.2, -0.15) is 0 Å². The molecule has 1 aliphatic heterocycles. The van der Waals surface area contributed by atoms with Crippen LogP contribution in [0.15, 0.2) is 24.4 Å². The van der Waals surface area contributed by atoms with Gasteiger partial charge in [0.2, 0.25) is 0 Å². The van der Waals surface area contributed by atoms with Crippen LogP contribution in [-0.2, 0) is 0 Å². The highest BCUT2D eigenvalue weighted by Crippen LogP contribution is 2.13. The van der Waals surface area contributed by atoms with E-state index in [-0.39, 0.29) is 11.0 Å². The Balaban J connectivity index is 2.65. The minimum atomic E-state index is -0.118. The predicted octanol–water partition coefficient (Wildman–Crippen LogP) is 1.43. The fourth-order valence-corrected chi connectivity index (χ4v) is 1.28. The molecule has 4 heteroatoms. The van der Waals surface area contributed by atoms with Crippen molar-refractivity contribution < 1.29 is 4.79 Å². The average Bonchev–Trinajstić information content (AvgIpc) is 2.04. The Bertz CT molecular complexity index is 212. The molecule has 3 nitrogen and oxygen atoms in total. The first-order valence-electron chi connectivity index (χ1n) is 3.25. The molecule has 0 aliphatic carbocycles. The molecule has 1 rings (SSSR count). The zero-order valence-corrected chi connectivity index (χ0v) is 7.71. The summed E-state index contributed by atoms with van der Waals surface area (Å²) in [6.45, 7) is 0. The van der Waals surface area contributed by atoms with Crippen LogP contribution in [0.5, 0.6) is 0 Å². The zero-order chi connectivity index (χ0) is 8.27. The van der Waals surface area contributed by atoms with Crippen molar-refractivity contribution >= 4 is 22.0 Å². The molecule has 0 fully saturated rings. The van der Waals surface area contributed by atoms with Crippen molar-refractivity contribution in [3.05, 3.63) is 24.4 Å². The number of rotatable bonds is 0. The van der Waals surface area contributed by atoms with Crippen LogP contribution in [0.2, 0.25) is 0 Å². The smallest absolute Gasteiger partial charge is 0.322 e.